The molecule has 1 aliphatic rings. The third-order valence-corrected chi connectivity index (χ3v) is 5.47. The number of hydrogen-bond donors (Lipinski definition) is 0. The molecule has 3 rings (SSSR count). The smallest absolute Gasteiger partial charge is 0.265 e. The predicted octanol–water partition coefficient (Wildman–Crippen LogP) is 4.64. The van der Waals surface area contributed by atoms with Crippen molar-refractivity contribution in [3.63, 3.8) is 0 Å². The summed E-state index contributed by atoms with van der Waals surface area (Å²) in [6.07, 6.45) is 2.30. The number of aryl methyl sites for hydroxylation is 1. The van der Waals surface area contributed by atoms with Gasteiger partial charge in [0.05, 0.1) is 5.69 Å². The SMILES string of the molecule is Cc1nc(-c2ccc(Cl)cc2)sc1C(=O)N1CCCC(C)C1. The standard InChI is InChI=1S/C17H19ClN2OS/c1-11-4-3-9-20(10-11)17(21)15-12(2)19-16(22-15)13-5-7-14(18)8-6-13/h5-8,11H,3-4,9-10H2,1-2H3. The van der Waals surface area contributed by atoms with E-state index in [1.54, 1.807) is 0 Å². The van der Waals surface area contributed by atoms with E-state index in [1.807, 2.05) is 36.1 Å². The molecular weight excluding hydrogens is 316 g/mol. The van der Waals surface area contributed by atoms with Crippen LogP contribution in [0, 0.1) is 12.8 Å². The van der Waals surface area contributed by atoms with Gasteiger partial charge in [-0.15, -0.1) is 11.3 Å². The van der Waals surface area contributed by atoms with Crippen molar-refractivity contribution in [2.45, 2.75) is 26.7 Å². The number of carbonyl (C=O) groups excluding carboxylic acids is 1. The van der Waals surface area contributed by atoms with E-state index in [4.69, 9.17) is 11.6 Å². The van der Waals surface area contributed by atoms with Crippen LogP contribution in [0.1, 0.15) is 35.1 Å². The highest BCUT2D eigenvalue weighted by molar-refractivity contribution is 7.17. The van der Waals surface area contributed by atoms with Crippen LogP contribution < -0.4 is 0 Å². The molecule has 0 bridgehead atoms. The van der Waals surface area contributed by atoms with E-state index in [9.17, 15) is 4.79 Å². The molecular formula is C17H19ClN2OS. The van der Waals surface area contributed by atoms with Gasteiger partial charge >= 0.3 is 0 Å². The number of amides is 1. The first-order valence-electron chi connectivity index (χ1n) is 7.57. The van der Waals surface area contributed by atoms with Crippen molar-refractivity contribution in [3.05, 3.63) is 39.9 Å². The second-order valence-electron chi connectivity index (χ2n) is 5.94. The molecule has 1 amide bonds. The normalized spacial score (nSPS) is 18.5. The van der Waals surface area contributed by atoms with E-state index in [0.717, 1.165) is 40.7 Å². The van der Waals surface area contributed by atoms with Crippen molar-refractivity contribution < 1.29 is 4.79 Å². The summed E-state index contributed by atoms with van der Waals surface area (Å²) in [7, 11) is 0. The van der Waals surface area contributed by atoms with Crippen LogP contribution in [0.5, 0.6) is 0 Å². The molecule has 2 aromatic rings. The molecule has 2 heterocycles. The number of halogens is 1. The molecule has 0 aliphatic carbocycles. The first-order chi connectivity index (χ1) is 10.5. The van der Waals surface area contributed by atoms with Crippen molar-refractivity contribution in [1.82, 2.24) is 9.88 Å². The van der Waals surface area contributed by atoms with Gasteiger partial charge in [0.2, 0.25) is 0 Å². The molecule has 1 saturated heterocycles. The summed E-state index contributed by atoms with van der Waals surface area (Å²) in [6.45, 7) is 5.83. The zero-order valence-corrected chi connectivity index (χ0v) is 14.4. The first kappa shape index (κ1) is 15.5. The summed E-state index contributed by atoms with van der Waals surface area (Å²) < 4.78 is 0. The van der Waals surface area contributed by atoms with E-state index in [1.165, 1.54) is 17.8 Å². The first-order valence-corrected chi connectivity index (χ1v) is 8.76. The van der Waals surface area contributed by atoms with Gasteiger partial charge in [0.1, 0.15) is 9.88 Å². The van der Waals surface area contributed by atoms with Crippen LogP contribution in [0.25, 0.3) is 10.6 Å². The topological polar surface area (TPSA) is 33.2 Å². The van der Waals surface area contributed by atoms with Crippen LogP contribution in [0.4, 0.5) is 0 Å². The van der Waals surface area contributed by atoms with Crippen LogP contribution in [-0.4, -0.2) is 28.9 Å². The van der Waals surface area contributed by atoms with Crippen LogP contribution in [0.2, 0.25) is 5.02 Å². The molecule has 1 atom stereocenters. The monoisotopic (exact) mass is 334 g/mol. The fraction of sp³-hybridized carbons (Fsp3) is 0.412. The molecule has 22 heavy (non-hydrogen) atoms. The van der Waals surface area contributed by atoms with Crippen LogP contribution in [-0.2, 0) is 0 Å². The van der Waals surface area contributed by atoms with E-state index < -0.39 is 0 Å². The van der Waals surface area contributed by atoms with Gasteiger partial charge in [-0.1, -0.05) is 30.7 Å². The van der Waals surface area contributed by atoms with Gasteiger partial charge in [-0.3, -0.25) is 4.79 Å². The van der Waals surface area contributed by atoms with E-state index in [0.29, 0.717) is 10.9 Å². The van der Waals surface area contributed by atoms with Gasteiger partial charge in [-0.2, -0.15) is 0 Å². The van der Waals surface area contributed by atoms with E-state index in [2.05, 4.69) is 11.9 Å². The summed E-state index contributed by atoms with van der Waals surface area (Å²) in [5.74, 6) is 0.712. The largest absolute Gasteiger partial charge is 0.338 e. The zero-order chi connectivity index (χ0) is 15.7. The summed E-state index contributed by atoms with van der Waals surface area (Å²) in [5.41, 5.74) is 1.82. The summed E-state index contributed by atoms with van der Waals surface area (Å²) in [4.78, 5) is 20.0. The summed E-state index contributed by atoms with van der Waals surface area (Å²) in [5, 5.41) is 1.58. The number of rotatable bonds is 2. The van der Waals surface area contributed by atoms with Crippen molar-refractivity contribution >= 4 is 28.8 Å². The number of aromatic nitrogens is 1. The second kappa shape index (κ2) is 6.39. The lowest BCUT2D eigenvalue weighted by Gasteiger charge is -2.30. The Labute approximate surface area is 139 Å². The molecule has 1 aromatic heterocycles. The Morgan fingerprint density at radius 1 is 1.36 bits per heavy atom. The molecule has 0 radical (unpaired) electrons. The lowest BCUT2D eigenvalue weighted by atomic mass is 10.0. The van der Waals surface area contributed by atoms with Crippen molar-refractivity contribution in [1.29, 1.82) is 0 Å². The third kappa shape index (κ3) is 3.18. The number of benzene rings is 1. The quantitative estimate of drug-likeness (QED) is 0.801. The number of nitrogens with zero attached hydrogens (tertiary/aromatic N) is 2. The molecule has 116 valence electrons. The predicted molar refractivity (Wildman–Crippen MR) is 91.6 cm³/mol. The van der Waals surface area contributed by atoms with Gasteiger partial charge in [0.15, 0.2) is 0 Å². The molecule has 1 unspecified atom stereocenters. The van der Waals surface area contributed by atoms with Crippen LogP contribution in [0.3, 0.4) is 0 Å². The third-order valence-electron chi connectivity index (χ3n) is 4.03. The Kier molecular flexibility index (Phi) is 4.50. The average Bonchev–Trinajstić information content (AvgIpc) is 2.89. The van der Waals surface area contributed by atoms with E-state index in [-0.39, 0.29) is 5.91 Å². The second-order valence-corrected chi connectivity index (χ2v) is 7.37. The van der Waals surface area contributed by atoms with Crippen molar-refractivity contribution in [2.75, 3.05) is 13.1 Å². The number of carbonyl (C=O) groups is 1. The van der Waals surface area contributed by atoms with Crippen LogP contribution in [0.15, 0.2) is 24.3 Å². The lowest BCUT2D eigenvalue weighted by Crippen LogP contribution is -2.39. The van der Waals surface area contributed by atoms with Crippen LogP contribution >= 0.6 is 22.9 Å². The van der Waals surface area contributed by atoms with Crippen molar-refractivity contribution in [2.24, 2.45) is 5.92 Å². The highest BCUT2D eigenvalue weighted by Gasteiger charge is 2.25. The van der Waals surface area contributed by atoms with Gasteiger partial charge < -0.3 is 4.90 Å². The van der Waals surface area contributed by atoms with E-state index >= 15 is 0 Å². The summed E-state index contributed by atoms with van der Waals surface area (Å²) in [6, 6.07) is 7.58. The maximum absolute atomic E-state index is 12.7. The Morgan fingerprint density at radius 2 is 2.09 bits per heavy atom. The van der Waals surface area contributed by atoms with Gasteiger partial charge in [-0.05, 0) is 37.8 Å². The maximum atomic E-state index is 12.7. The molecule has 1 fully saturated rings. The Bertz CT molecular complexity index is 680. The Morgan fingerprint density at radius 3 is 2.77 bits per heavy atom. The van der Waals surface area contributed by atoms with Crippen molar-refractivity contribution in [3.8, 4) is 10.6 Å². The van der Waals surface area contributed by atoms with Gasteiger partial charge in [0.25, 0.3) is 5.91 Å². The molecule has 1 aromatic carbocycles. The molecule has 0 spiro atoms. The highest BCUT2D eigenvalue weighted by atomic mass is 35.5. The molecule has 0 N–H and O–H groups in total. The van der Waals surface area contributed by atoms with Gasteiger partial charge in [0, 0.05) is 23.7 Å². The maximum Gasteiger partial charge on any atom is 0.265 e. The lowest BCUT2D eigenvalue weighted by molar-refractivity contribution is 0.0687. The minimum absolute atomic E-state index is 0.127. The number of likely N-dealkylation sites (tertiary alicyclic amines) is 1. The molecule has 1 aliphatic heterocycles. The zero-order valence-electron chi connectivity index (χ0n) is 12.8. The Balaban J connectivity index is 1.85. The number of thiazole rings is 1. The molecule has 0 saturated carbocycles. The summed E-state index contributed by atoms with van der Waals surface area (Å²) >= 11 is 7.40. The molecule has 5 heteroatoms. The highest BCUT2D eigenvalue weighted by Crippen LogP contribution is 2.30. The average molecular weight is 335 g/mol. The minimum Gasteiger partial charge on any atom is -0.338 e. The minimum atomic E-state index is 0.127. The fourth-order valence-corrected chi connectivity index (χ4v) is 3.99. The number of hydrogen-bond acceptors (Lipinski definition) is 3. The van der Waals surface area contributed by atoms with Gasteiger partial charge in [-0.25, -0.2) is 4.98 Å². The fourth-order valence-electron chi connectivity index (χ4n) is 2.83. The molecule has 3 nitrogen and oxygen atoms in total. The Hall–Kier alpha value is -1.39. The number of piperidine rings is 1.